The Labute approximate surface area is 151 Å². The SMILES string of the molecule is CCc1nc(-c2cnc(C)c(C(F)(F)F)c2)cn1C1[C@H]2CN(CC)C[C@@H]12. The van der Waals surface area contributed by atoms with E-state index in [4.69, 9.17) is 0 Å². The molecular weight excluding hydrogens is 341 g/mol. The monoisotopic (exact) mass is 364 g/mol. The van der Waals surface area contributed by atoms with Gasteiger partial charge in [0.2, 0.25) is 0 Å². The van der Waals surface area contributed by atoms with E-state index in [0.29, 0.717) is 29.1 Å². The van der Waals surface area contributed by atoms with E-state index >= 15 is 0 Å². The highest BCUT2D eigenvalue weighted by Gasteiger charge is 2.56. The van der Waals surface area contributed by atoms with Crippen molar-refractivity contribution in [2.45, 2.75) is 39.4 Å². The summed E-state index contributed by atoms with van der Waals surface area (Å²) in [5.74, 6) is 2.23. The molecular formula is C19H23F3N4. The van der Waals surface area contributed by atoms with E-state index in [9.17, 15) is 13.2 Å². The Hall–Kier alpha value is -1.89. The Morgan fingerprint density at radius 2 is 1.88 bits per heavy atom. The second kappa shape index (κ2) is 6.08. The van der Waals surface area contributed by atoms with Crippen LogP contribution in [-0.4, -0.2) is 39.1 Å². The number of alkyl halides is 3. The first-order valence-electron chi connectivity index (χ1n) is 9.17. The molecule has 140 valence electrons. The molecule has 2 aromatic heterocycles. The lowest BCUT2D eigenvalue weighted by atomic mass is 10.1. The van der Waals surface area contributed by atoms with Gasteiger partial charge in [-0.25, -0.2) is 4.98 Å². The molecule has 1 saturated heterocycles. The van der Waals surface area contributed by atoms with Crippen molar-refractivity contribution in [2.75, 3.05) is 19.6 Å². The quantitative estimate of drug-likeness (QED) is 0.824. The molecule has 1 aliphatic heterocycles. The lowest BCUT2D eigenvalue weighted by Crippen LogP contribution is -2.24. The van der Waals surface area contributed by atoms with Gasteiger partial charge in [0.15, 0.2) is 0 Å². The summed E-state index contributed by atoms with van der Waals surface area (Å²) in [6, 6.07) is 1.61. The lowest BCUT2D eigenvalue weighted by molar-refractivity contribution is -0.138. The van der Waals surface area contributed by atoms with Gasteiger partial charge in [0, 0.05) is 49.2 Å². The Balaban J connectivity index is 1.65. The predicted molar refractivity (Wildman–Crippen MR) is 92.7 cm³/mol. The van der Waals surface area contributed by atoms with E-state index in [2.05, 4.69) is 26.4 Å². The molecule has 3 heterocycles. The van der Waals surface area contributed by atoms with Crippen LogP contribution >= 0.6 is 0 Å². The molecule has 1 unspecified atom stereocenters. The van der Waals surface area contributed by atoms with Crippen LogP contribution in [0.4, 0.5) is 13.2 Å². The molecule has 2 aromatic rings. The number of imidazole rings is 1. The average Bonchev–Trinajstić information content (AvgIpc) is 2.98. The zero-order valence-electron chi connectivity index (χ0n) is 15.2. The van der Waals surface area contributed by atoms with Crippen LogP contribution < -0.4 is 0 Å². The van der Waals surface area contributed by atoms with E-state index in [1.54, 1.807) is 0 Å². The molecule has 1 saturated carbocycles. The highest BCUT2D eigenvalue weighted by molar-refractivity contribution is 5.59. The zero-order chi connectivity index (χ0) is 18.6. The summed E-state index contributed by atoms with van der Waals surface area (Å²) in [6.07, 6.45) is -0.229. The Morgan fingerprint density at radius 1 is 1.19 bits per heavy atom. The van der Waals surface area contributed by atoms with E-state index in [1.807, 2.05) is 13.1 Å². The first kappa shape index (κ1) is 17.5. The summed E-state index contributed by atoms with van der Waals surface area (Å²) in [6.45, 7) is 8.88. The van der Waals surface area contributed by atoms with Crippen molar-refractivity contribution in [2.24, 2.45) is 11.8 Å². The van der Waals surface area contributed by atoms with Crippen LogP contribution in [-0.2, 0) is 12.6 Å². The maximum absolute atomic E-state index is 13.2. The van der Waals surface area contributed by atoms with Gasteiger partial charge in [0.25, 0.3) is 0 Å². The maximum atomic E-state index is 13.2. The fourth-order valence-corrected chi connectivity index (χ4v) is 4.30. The van der Waals surface area contributed by atoms with Crippen LogP contribution in [0, 0.1) is 18.8 Å². The standard InChI is InChI=1S/C19H23F3N4/c1-4-17-24-16(12-6-15(19(20,21)22)11(3)23-7-12)10-26(17)18-13-8-25(5-2)9-14(13)18/h6-7,10,13-14,18H,4-5,8-9H2,1-3H3/t13-,14+,18?. The molecule has 0 radical (unpaired) electrons. The van der Waals surface area contributed by atoms with E-state index in [-0.39, 0.29) is 5.69 Å². The number of piperidine rings is 1. The van der Waals surface area contributed by atoms with Gasteiger partial charge in [-0.3, -0.25) is 4.98 Å². The third-order valence-electron chi connectivity index (χ3n) is 5.81. The number of aryl methyl sites for hydroxylation is 2. The van der Waals surface area contributed by atoms with Crippen LogP contribution in [0.1, 0.15) is 37.0 Å². The highest BCUT2D eigenvalue weighted by Crippen LogP contribution is 2.55. The molecule has 4 rings (SSSR count). The molecule has 0 amide bonds. The van der Waals surface area contributed by atoms with Crippen LogP contribution in [0.2, 0.25) is 0 Å². The smallest absolute Gasteiger partial charge is 0.331 e. The number of likely N-dealkylation sites (tertiary alicyclic amines) is 1. The number of nitrogens with zero attached hydrogens (tertiary/aromatic N) is 4. The Bertz CT molecular complexity index is 815. The fourth-order valence-electron chi connectivity index (χ4n) is 4.30. The van der Waals surface area contributed by atoms with Crippen molar-refractivity contribution in [3.8, 4) is 11.3 Å². The van der Waals surface area contributed by atoms with Crippen molar-refractivity contribution >= 4 is 0 Å². The van der Waals surface area contributed by atoms with E-state index < -0.39 is 11.7 Å². The number of rotatable bonds is 4. The minimum atomic E-state index is -4.40. The van der Waals surface area contributed by atoms with Crippen molar-refractivity contribution in [3.63, 3.8) is 0 Å². The summed E-state index contributed by atoms with van der Waals surface area (Å²) < 4.78 is 41.8. The second-order valence-electron chi connectivity index (χ2n) is 7.33. The molecule has 0 N–H and O–H groups in total. The Kier molecular flexibility index (Phi) is 4.10. The van der Waals surface area contributed by atoms with Crippen LogP contribution in [0.25, 0.3) is 11.3 Å². The van der Waals surface area contributed by atoms with Gasteiger partial charge >= 0.3 is 6.18 Å². The first-order chi connectivity index (χ1) is 12.3. The molecule has 2 fully saturated rings. The third kappa shape index (κ3) is 2.82. The molecule has 26 heavy (non-hydrogen) atoms. The van der Waals surface area contributed by atoms with Gasteiger partial charge in [-0.15, -0.1) is 0 Å². The van der Waals surface area contributed by atoms with Crippen LogP contribution in [0.3, 0.4) is 0 Å². The molecule has 1 aliphatic carbocycles. The Morgan fingerprint density at radius 3 is 2.46 bits per heavy atom. The fraction of sp³-hybridized carbons (Fsp3) is 0.579. The van der Waals surface area contributed by atoms with Crippen molar-refractivity contribution < 1.29 is 13.2 Å². The largest absolute Gasteiger partial charge is 0.418 e. The number of aromatic nitrogens is 3. The normalized spacial score (nSPS) is 25.5. The minimum Gasteiger partial charge on any atom is -0.331 e. The first-order valence-corrected chi connectivity index (χ1v) is 9.17. The molecule has 7 heteroatoms. The molecule has 0 bridgehead atoms. The highest BCUT2D eigenvalue weighted by atomic mass is 19.4. The van der Waals surface area contributed by atoms with E-state index in [1.165, 1.54) is 19.2 Å². The van der Waals surface area contributed by atoms with Gasteiger partial charge in [-0.05, 0) is 31.4 Å². The summed E-state index contributed by atoms with van der Waals surface area (Å²) in [5, 5.41) is 0. The number of hydrogen-bond donors (Lipinski definition) is 0. The van der Waals surface area contributed by atoms with Gasteiger partial charge in [-0.1, -0.05) is 13.8 Å². The minimum absolute atomic E-state index is 0.00669. The molecule has 2 aliphatic rings. The number of pyridine rings is 1. The van der Waals surface area contributed by atoms with Gasteiger partial charge in [0.1, 0.15) is 5.82 Å². The van der Waals surface area contributed by atoms with Gasteiger partial charge < -0.3 is 9.47 Å². The number of fused-ring (bicyclic) bond motifs is 1. The second-order valence-corrected chi connectivity index (χ2v) is 7.33. The number of halogens is 3. The van der Waals surface area contributed by atoms with Crippen LogP contribution in [0.5, 0.6) is 0 Å². The van der Waals surface area contributed by atoms with Gasteiger partial charge in [0.05, 0.1) is 11.3 Å². The molecule has 0 spiro atoms. The topological polar surface area (TPSA) is 34.0 Å². The molecule has 3 atom stereocenters. The number of hydrogen-bond acceptors (Lipinski definition) is 3. The van der Waals surface area contributed by atoms with E-state index in [0.717, 1.165) is 31.9 Å². The van der Waals surface area contributed by atoms with Crippen LogP contribution in [0.15, 0.2) is 18.5 Å². The zero-order valence-corrected chi connectivity index (χ0v) is 15.2. The summed E-state index contributed by atoms with van der Waals surface area (Å²) in [5.41, 5.74) is 0.312. The summed E-state index contributed by atoms with van der Waals surface area (Å²) in [4.78, 5) is 11.0. The summed E-state index contributed by atoms with van der Waals surface area (Å²) in [7, 11) is 0. The maximum Gasteiger partial charge on any atom is 0.418 e. The lowest BCUT2D eigenvalue weighted by Gasteiger charge is -2.18. The summed E-state index contributed by atoms with van der Waals surface area (Å²) >= 11 is 0. The van der Waals surface area contributed by atoms with Crippen molar-refractivity contribution in [1.29, 1.82) is 0 Å². The van der Waals surface area contributed by atoms with Gasteiger partial charge in [-0.2, -0.15) is 13.2 Å². The average molecular weight is 364 g/mol. The van der Waals surface area contributed by atoms with Crippen molar-refractivity contribution in [3.05, 3.63) is 35.5 Å². The predicted octanol–water partition coefficient (Wildman–Crippen LogP) is 3.96. The third-order valence-corrected chi connectivity index (χ3v) is 5.81. The van der Waals surface area contributed by atoms with Crippen molar-refractivity contribution in [1.82, 2.24) is 19.4 Å². The molecule has 0 aromatic carbocycles. The molecule has 4 nitrogen and oxygen atoms in total.